The summed E-state index contributed by atoms with van der Waals surface area (Å²) in [5.74, 6) is -0.716. The van der Waals surface area contributed by atoms with Gasteiger partial charge < -0.3 is 24.6 Å². The molecule has 168 valence electrons. The Labute approximate surface area is 184 Å². The van der Waals surface area contributed by atoms with E-state index in [0.717, 1.165) is 30.8 Å². The molecule has 32 heavy (non-hydrogen) atoms. The normalized spacial score (nSPS) is 14.3. The van der Waals surface area contributed by atoms with Crippen molar-refractivity contribution in [2.45, 2.75) is 19.9 Å². The number of hydrogen-bond donors (Lipinski definition) is 2. The summed E-state index contributed by atoms with van der Waals surface area (Å²) in [4.78, 5) is 20.4. The fourth-order valence-electron chi connectivity index (χ4n) is 3.73. The molecule has 1 saturated heterocycles. The Balaban J connectivity index is 1.35. The summed E-state index contributed by atoms with van der Waals surface area (Å²) >= 11 is 0. The molecule has 2 heterocycles. The lowest BCUT2D eigenvalue weighted by Gasteiger charge is -2.24. The number of carbonyl (C=O) groups excluding carboxylic acids is 1. The second-order valence-corrected chi connectivity index (χ2v) is 7.68. The first-order valence-electron chi connectivity index (χ1n) is 10.4. The number of anilines is 1. The zero-order valence-corrected chi connectivity index (χ0v) is 17.6. The molecule has 0 unspecified atom stereocenters. The van der Waals surface area contributed by atoms with Gasteiger partial charge in [0.2, 0.25) is 0 Å². The molecule has 3 aromatic rings. The Kier molecular flexibility index (Phi) is 6.25. The van der Waals surface area contributed by atoms with Crippen LogP contribution in [-0.2, 0) is 6.54 Å². The monoisotopic (exact) mass is 442 g/mol. The molecular weight excluding hydrogens is 418 g/mol. The van der Waals surface area contributed by atoms with Crippen molar-refractivity contribution in [1.82, 2.24) is 15.2 Å². The zero-order valence-electron chi connectivity index (χ0n) is 17.6. The highest BCUT2D eigenvalue weighted by atomic mass is 19.2. The van der Waals surface area contributed by atoms with Crippen molar-refractivity contribution in [3.63, 3.8) is 0 Å². The molecule has 9 heteroatoms. The molecule has 1 aromatic heterocycles. The van der Waals surface area contributed by atoms with Crippen molar-refractivity contribution in [2.24, 2.45) is 0 Å². The molecule has 4 rings (SSSR count). The van der Waals surface area contributed by atoms with Gasteiger partial charge >= 0.3 is 6.03 Å². The van der Waals surface area contributed by atoms with Crippen LogP contribution in [0.3, 0.4) is 0 Å². The van der Waals surface area contributed by atoms with Gasteiger partial charge in [0, 0.05) is 51.4 Å². The van der Waals surface area contributed by atoms with E-state index < -0.39 is 11.6 Å². The minimum atomic E-state index is -0.935. The van der Waals surface area contributed by atoms with Gasteiger partial charge in [-0.05, 0) is 36.2 Å². The third-order valence-electron chi connectivity index (χ3n) is 5.44. The van der Waals surface area contributed by atoms with Crippen molar-refractivity contribution in [2.75, 3.05) is 31.1 Å². The van der Waals surface area contributed by atoms with Crippen molar-refractivity contribution >= 4 is 11.7 Å². The molecule has 0 atom stereocenters. The Morgan fingerprint density at radius 3 is 2.69 bits per heavy atom. The number of rotatable bonds is 4. The number of oxazole rings is 1. The maximum Gasteiger partial charge on any atom is 0.317 e. The number of nitrogens with zero attached hydrogens (tertiary/aromatic N) is 3. The number of halogens is 2. The highest BCUT2D eigenvalue weighted by molar-refractivity contribution is 5.74. The van der Waals surface area contributed by atoms with E-state index >= 15 is 0 Å². The van der Waals surface area contributed by atoms with Crippen molar-refractivity contribution in [1.29, 1.82) is 0 Å². The SMILES string of the molecule is Cc1ncc(-c2ccc(N3CCCN(C(=O)NCc4ccc(F)c(F)c4)CC3)cc2O)o1. The van der Waals surface area contributed by atoms with E-state index in [1.807, 2.05) is 6.07 Å². The quantitative estimate of drug-likeness (QED) is 0.637. The average Bonchev–Trinajstić information content (AvgIpc) is 3.05. The van der Waals surface area contributed by atoms with Gasteiger partial charge in [0.05, 0.1) is 11.8 Å². The number of phenols is 1. The minimum Gasteiger partial charge on any atom is -0.507 e. The molecule has 1 aliphatic rings. The third-order valence-corrected chi connectivity index (χ3v) is 5.44. The number of nitrogens with one attached hydrogen (secondary N) is 1. The van der Waals surface area contributed by atoms with E-state index in [1.54, 1.807) is 30.2 Å². The van der Waals surface area contributed by atoms with Crippen LogP contribution in [0.15, 0.2) is 47.0 Å². The predicted molar refractivity (Wildman–Crippen MR) is 115 cm³/mol. The van der Waals surface area contributed by atoms with Crippen LogP contribution < -0.4 is 10.2 Å². The lowest BCUT2D eigenvalue weighted by atomic mass is 10.1. The zero-order chi connectivity index (χ0) is 22.7. The smallest absolute Gasteiger partial charge is 0.317 e. The first kappa shape index (κ1) is 21.6. The van der Waals surface area contributed by atoms with Gasteiger partial charge in [0.1, 0.15) is 5.75 Å². The molecule has 2 aromatic carbocycles. The second-order valence-electron chi connectivity index (χ2n) is 7.68. The summed E-state index contributed by atoms with van der Waals surface area (Å²) in [7, 11) is 0. The van der Waals surface area contributed by atoms with Crippen molar-refractivity contribution in [3.8, 4) is 17.1 Å². The summed E-state index contributed by atoms with van der Waals surface area (Å²) in [6, 6.07) is 8.70. The number of benzene rings is 2. The number of hydrogen-bond acceptors (Lipinski definition) is 5. The van der Waals surface area contributed by atoms with E-state index in [1.165, 1.54) is 6.07 Å². The fraction of sp³-hybridized carbons (Fsp3) is 0.304. The maximum atomic E-state index is 13.3. The van der Waals surface area contributed by atoms with E-state index in [4.69, 9.17) is 4.42 Å². The van der Waals surface area contributed by atoms with E-state index in [9.17, 15) is 18.7 Å². The molecule has 1 aliphatic heterocycles. The highest BCUT2D eigenvalue weighted by Crippen LogP contribution is 2.33. The highest BCUT2D eigenvalue weighted by Gasteiger charge is 2.20. The second kappa shape index (κ2) is 9.25. The average molecular weight is 442 g/mol. The standard InChI is InChI=1S/C23H24F2N4O3/c1-15-26-14-22(32-15)18-5-4-17(12-21(18)30)28-7-2-8-29(10-9-28)23(31)27-13-16-3-6-19(24)20(25)11-16/h3-6,11-12,14,30H,2,7-10,13H2,1H3,(H,27,31). The van der Waals surface area contributed by atoms with Crippen LogP contribution in [0.1, 0.15) is 17.9 Å². The number of urea groups is 1. The molecule has 1 fully saturated rings. The van der Waals surface area contributed by atoms with Crippen LogP contribution >= 0.6 is 0 Å². The summed E-state index contributed by atoms with van der Waals surface area (Å²) in [5.41, 5.74) is 1.92. The Hall–Kier alpha value is -3.62. The van der Waals surface area contributed by atoms with Crippen LogP contribution in [-0.4, -0.2) is 47.2 Å². The van der Waals surface area contributed by atoms with Gasteiger partial charge in [-0.3, -0.25) is 0 Å². The Bertz CT molecular complexity index is 1120. The van der Waals surface area contributed by atoms with Crippen LogP contribution in [0.2, 0.25) is 0 Å². The molecule has 2 amide bonds. The number of phenolic OH excluding ortho intramolecular Hbond substituents is 1. The molecule has 0 radical (unpaired) electrons. The van der Waals surface area contributed by atoms with Gasteiger partial charge in [-0.15, -0.1) is 0 Å². The van der Waals surface area contributed by atoms with Gasteiger partial charge in [-0.25, -0.2) is 18.6 Å². The van der Waals surface area contributed by atoms with Gasteiger partial charge in [0.25, 0.3) is 0 Å². The minimum absolute atomic E-state index is 0.101. The molecule has 2 N–H and O–H groups in total. The van der Waals surface area contributed by atoms with Crippen LogP contribution in [0.5, 0.6) is 5.75 Å². The summed E-state index contributed by atoms with van der Waals surface area (Å²) in [6.07, 6.45) is 2.33. The predicted octanol–water partition coefficient (Wildman–Crippen LogP) is 4.06. The lowest BCUT2D eigenvalue weighted by Crippen LogP contribution is -2.41. The number of aryl methyl sites for hydroxylation is 1. The largest absolute Gasteiger partial charge is 0.507 e. The fourth-order valence-corrected chi connectivity index (χ4v) is 3.73. The van der Waals surface area contributed by atoms with Gasteiger partial charge in [0.15, 0.2) is 23.3 Å². The third kappa shape index (κ3) is 4.82. The first-order valence-corrected chi connectivity index (χ1v) is 10.4. The molecular formula is C23H24F2N4O3. The number of aromatic hydroxyl groups is 1. The van der Waals surface area contributed by atoms with E-state index in [2.05, 4.69) is 15.2 Å². The maximum absolute atomic E-state index is 13.3. The number of aromatic nitrogens is 1. The Morgan fingerprint density at radius 1 is 1.12 bits per heavy atom. The summed E-state index contributed by atoms with van der Waals surface area (Å²) in [6.45, 7) is 4.25. The molecule has 7 nitrogen and oxygen atoms in total. The summed E-state index contributed by atoms with van der Waals surface area (Å²) < 4.78 is 31.9. The van der Waals surface area contributed by atoms with E-state index in [0.29, 0.717) is 42.4 Å². The van der Waals surface area contributed by atoms with Crippen LogP contribution in [0.25, 0.3) is 11.3 Å². The topological polar surface area (TPSA) is 81.8 Å². The number of amides is 2. The summed E-state index contributed by atoms with van der Waals surface area (Å²) in [5, 5.41) is 13.2. The number of carbonyl (C=O) groups is 1. The van der Waals surface area contributed by atoms with E-state index in [-0.39, 0.29) is 18.3 Å². The van der Waals surface area contributed by atoms with Gasteiger partial charge in [-0.1, -0.05) is 6.07 Å². The molecule has 0 spiro atoms. The van der Waals surface area contributed by atoms with Crippen molar-refractivity contribution in [3.05, 3.63) is 65.7 Å². The van der Waals surface area contributed by atoms with Gasteiger partial charge in [-0.2, -0.15) is 0 Å². The van der Waals surface area contributed by atoms with Crippen molar-refractivity contribution < 1.29 is 23.1 Å². The molecule has 0 bridgehead atoms. The first-order chi connectivity index (χ1) is 15.4. The molecule has 0 saturated carbocycles. The molecule has 0 aliphatic carbocycles. The lowest BCUT2D eigenvalue weighted by molar-refractivity contribution is 0.201. The van der Waals surface area contributed by atoms with Crippen LogP contribution in [0, 0.1) is 18.6 Å². The van der Waals surface area contributed by atoms with Crippen LogP contribution in [0.4, 0.5) is 19.3 Å². The Morgan fingerprint density at radius 2 is 1.97 bits per heavy atom.